The number of imidazole rings is 1. The van der Waals surface area contributed by atoms with E-state index in [2.05, 4.69) is 4.98 Å². The number of aryl methyl sites for hydroxylation is 1. The van der Waals surface area contributed by atoms with Crippen molar-refractivity contribution in [2.24, 2.45) is 7.05 Å². The number of rotatable bonds is 4. The maximum absolute atomic E-state index is 13.5. The molecular formula is C14H17FN2O. The standard InChI is InChI=1S/C14H17FN2O/c1-10(2)13-6-12(4-5-14(13)15)18-8-11-7-16-9-17(11)3/h4-7,9-10H,8H2,1-3H3. The van der Waals surface area contributed by atoms with Crippen LogP contribution in [0.5, 0.6) is 5.75 Å². The third-order valence-electron chi connectivity index (χ3n) is 2.89. The predicted molar refractivity (Wildman–Crippen MR) is 68.0 cm³/mol. The van der Waals surface area contributed by atoms with E-state index in [1.54, 1.807) is 24.7 Å². The predicted octanol–water partition coefficient (Wildman–Crippen LogP) is 3.26. The van der Waals surface area contributed by atoms with Gasteiger partial charge in [-0.15, -0.1) is 0 Å². The van der Waals surface area contributed by atoms with Crippen molar-refractivity contribution in [2.45, 2.75) is 26.4 Å². The number of nitrogens with zero attached hydrogens (tertiary/aromatic N) is 2. The van der Waals surface area contributed by atoms with Crippen molar-refractivity contribution in [3.05, 3.63) is 47.8 Å². The van der Waals surface area contributed by atoms with Crippen molar-refractivity contribution in [2.75, 3.05) is 0 Å². The van der Waals surface area contributed by atoms with Gasteiger partial charge in [0.2, 0.25) is 0 Å². The van der Waals surface area contributed by atoms with Crippen LogP contribution in [0.3, 0.4) is 0 Å². The lowest BCUT2D eigenvalue weighted by Gasteiger charge is -2.11. The summed E-state index contributed by atoms with van der Waals surface area (Å²) in [4.78, 5) is 4.02. The summed E-state index contributed by atoms with van der Waals surface area (Å²) in [6, 6.07) is 4.86. The summed E-state index contributed by atoms with van der Waals surface area (Å²) in [5.41, 5.74) is 1.66. The Morgan fingerprint density at radius 3 is 2.78 bits per heavy atom. The molecule has 0 spiro atoms. The molecule has 1 aromatic carbocycles. The van der Waals surface area contributed by atoms with Crippen molar-refractivity contribution >= 4 is 0 Å². The summed E-state index contributed by atoms with van der Waals surface area (Å²) in [6.45, 7) is 4.35. The second-order valence-corrected chi connectivity index (χ2v) is 4.62. The lowest BCUT2D eigenvalue weighted by molar-refractivity contribution is 0.296. The van der Waals surface area contributed by atoms with Crippen LogP contribution in [-0.2, 0) is 13.7 Å². The first-order chi connectivity index (χ1) is 8.58. The average molecular weight is 248 g/mol. The SMILES string of the molecule is CC(C)c1cc(OCc2cncn2C)ccc1F. The number of benzene rings is 1. The van der Waals surface area contributed by atoms with Crippen LogP contribution in [0.4, 0.5) is 4.39 Å². The van der Waals surface area contributed by atoms with Gasteiger partial charge in [-0.2, -0.15) is 0 Å². The molecule has 2 aromatic rings. The maximum Gasteiger partial charge on any atom is 0.130 e. The second-order valence-electron chi connectivity index (χ2n) is 4.62. The molecule has 0 fully saturated rings. The summed E-state index contributed by atoms with van der Waals surface area (Å²) < 4.78 is 21.1. The zero-order valence-electron chi connectivity index (χ0n) is 10.9. The third kappa shape index (κ3) is 2.70. The van der Waals surface area contributed by atoms with E-state index in [0.29, 0.717) is 17.9 Å². The Balaban J connectivity index is 2.10. The normalized spacial score (nSPS) is 10.9. The first-order valence-corrected chi connectivity index (χ1v) is 5.95. The number of hydrogen-bond acceptors (Lipinski definition) is 2. The minimum absolute atomic E-state index is 0.144. The van der Waals surface area contributed by atoms with E-state index in [4.69, 9.17) is 4.74 Å². The first-order valence-electron chi connectivity index (χ1n) is 5.95. The number of halogens is 1. The van der Waals surface area contributed by atoms with Crippen LogP contribution in [0.25, 0.3) is 0 Å². The van der Waals surface area contributed by atoms with E-state index in [0.717, 1.165) is 5.69 Å². The Kier molecular flexibility index (Phi) is 3.65. The van der Waals surface area contributed by atoms with Crippen LogP contribution in [-0.4, -0.2) is 9.55 Å². The Bertz CT molecular complexity index is 534. The molecule has 0 aliphatic rings. The quantitative estimate of drug-likeness (QED) is 0.830. The monoisotopic (exact) mass is 248 g/mol. The number of hydrogen-bond donors (Lipinski definition) is 0. The van der Waals surface area contributed by atoms with Gasteiger partial charge in [0, 0.05) is 7.05 Å². The molecule has 0 saturated heterocycles. The van der Waals surface area contributed by atoms with Gasteiger partial charge in [0.25, 0.3) is 0 Å². The fourth-order valence-corrected chi connectivity index (χ4v) is 1.74. The molecule has 0 unspecified atom stereocenters. The van der Waals surface area contributed by atoms with Gasteiger partial charge >= 0.3 is 0 Å². The fraction of sp³-hybridized carbons (Fsp3) is 0.357. The summed E-state index contributed by atoms with van der Waals surface area (Å²) in [5, 5.41) is 0. The van der Waals surface area contributed by atoms with Crippen LogP contribution in [0, 0.1) is 5.82 Å². The molecule has 0 saturated carbocycles. The highest BCUT2D eigenvalue weighted by atomic mass is 19.1. The minimum Gasteiger partial charge on any atom is -0.487 e. The van der Waals surface area contributed by atoms with Gasteiger partial charge in [-0.3, -0.25) is 0 Å². The third-order valence-corrected chi connectivity index (χ3v) is 2.89. The number of ether oxygens (including phenoxy) is 1. The molecule has 1 aromatic heterocycles. The Morgan fingerprint density at radius 1 is 1.39 bits per heavy atom. The molecule has 4 heteroatoms. The van der Waals surface area contributed by atoms with E-state index in [9.17, 15) is 4.39 Å². The minimum atomic E-state index is -0.183. The maximum atomic E-state index is 13.5. The van der Waals surface area contributed by atoms with Gasteiger partial charge in [0.05, 0.1) is 18.2 Å². The van der Waals surface area contributed by atoms with E-state index in [1.165, 1.54) is 6.07 Å². The molecule has 0 amide bonds. The summed E-state index contributed by atoms with van der Waals surface area (Å²) in [6.07, 6.45) is 3.48. The summed E-state index contributed by atoms with van der Waals surface area (Å²) in [7, 11) is 1.91. The van der Waals surface area contributed by atoms with Gasteiger partial charge in [-0.1, -0.05) is 13.8 Å². The zero-order chi connectivity index (χ0) is 13.1. The lowest BCUT2D eigenvalue weighted by atomic mass is 10.0. The molecule has 2 rings (SSSR count). The van der Waals surface area contributed by atoms with Crippen molar-refractivity contribution < 1.29 is 9.13 Å². The Morgan fingerprint density at radius 2 is 2.17 bits per heavy atom. The van der Waals surface area contributed by atoms with E-state index in [-0.39, 0.29) is 11.7 Å². The van der Waals surface area contributed by atoms with Crippen molar-refractivity contribution in [1.29, 1.82) is 0 Å². The Hall–Kier alpha value is -1.84. The van der Waals surface area contributed by atoms with Crippen LogP contribution < -0.4 is 4.74 Å². The van der Waals surface area contributed by atoms with Gasteiger partial charge in [-0.05, 0) is 29.7 Å². The van der Waals surface area contributed by atoms with Crippen LogP contribution >= 0.6 is 0 Å². The molecule has 0 radical (unpaired) electrons. The highest BCUT2D eigenvalue weighted by Crippen LogP contribution is 2.24. The topological polar surface area (TPSA) is 27.1 Å². The lowest BCUT2D eigenvalue weighted by Crippen LogP contribution is -2.02. The smallest absolute Gasteiger partial charge is 0.130 e. The molecule has 3 nitrogen and oxygen atoms in total. The fourth-order valence-electron chi connectivity index (χ4n) is 1.74. The van der Waals surface area contributed by atoms with Gasteiger partial charge in [0.1, 0.15) is 18.2 Å². The molecule has 0 aliphatic carbocycles. The van der Waals surface area contributed by atoms with Gasteiger partial charge in [-0.25, -0.2) is 9.37 Å². The molecule has 0 aliphatic heterocycles. The van der Waals surface area contributed by atoms with Crippen molar-refractivity contribution in [3.8, 4) is 5.75 Å². The van der Waals surface area contributed by atoms with E-state index >= 15 is 0 Å². The molecule has 0 N–H and O–H groups in total. The van der Waals surface area contributed by atoms with Crippen LogP contribution in [0.1, 0.15) is 31.0 Å². The molecule has 0 bridgehead atoms. The zero-order valence-corrected chi connectivity index (χ0v) is 10.9. The van der Waals surface area contributed by atoms with Gasteiger partial charge in [0.15, 0.2) is 0 Å². The van der Waals surface area contributed by atoms with Crippen molar-refractivity contribution in [1.82, 2.24) is 9.55 Å². The van der Waals surface area contributed by atoms with Crippen LogP contribution in [0.2, 0.25) is 0 Å². The highest BCUT2D eigenvalue weighted by Gasteiger charge is 2.08. The van der Waals surface area contributed by atoms with Crippen LogP contribution in [0.15, 0.2) is 30.7 Å². The van der Waals surface area contributed by atoms with Gasteiger partial charge < -0.3 is 9.30 Å². The van der Waals surface area contributed by atoms with E-state index < -0.39 is 0 Å². The molecule has 1 heterocycles. The van der Waals surface area contributed by atoms with Crippen molar-refractivity contribution in [3.63, 3.8) is 0 Å². The largest absolute Gasteiger partial charge is 0.487 e. The second kappa shape index (κ2) is 5.21. The average Bonchev–Trinajstić information content (AvgIpc) is 2.73. The highest BCUT2D eigenvalue weighted by molar-refractivity contribution is 5.31. The molecule has 0 atom stereocenters. The molecule has 18 heavy (non-hydrogen) atoms. The Labute approximate surface area is 106 Å². The molecular weight excluding hydrogens is 231 g/mol. The summed E-state index contributed by atoms with van der Waals surface area (Å²) in [5.74, 6) is 0.643. The summed E-state index contributed by atoms with van der Waals surface area (Å²) >= 11 is 0. The van der Waals surface area contributed by atoms with E-state index in [1.807, 2.05) is 25.5 Å². The molecule has 96 valence electrons. The number of aromatic nitrogens is 2. The first kappa shape index (κ1) is 12.6.